The number of hydrogen-bond donors (Lipinski definition) is 0. The van der Waals surface area contributed by atoms with Gasteiger partial charge in [0.25, 0.3) is 23.6 Å². The molecule has 9 rings (SSSR count). The van der Waals surface area contributed by atoms with Crippen molar-refractivity contribution in [1.29, 1.82) is 0 Å². The fourth-order valence-corrected chi connectivity index (χ4v) is 16.0. The van der Waals surface area contributed by atoms with Crippen LogP contribution in [0.4, 0.5) is 0 Å². The molecule has 0 atom stereocenters. The highest BCUT2D eigenvalue weighted by Crippen LogP contribution is 2.48. The molecule has 11 heteroatoms. The van der Waals surface area contributed by atoms with Gasteiger partial charge in [-0.15, -0.1) is 11.5 Å². The number of nitrogens with zero attached hydrogens (tertiary/aromatic N) is 4. The van der Waals surface area contributed by atoms with Crippen molar-refractivity contribution in [1.82, 2.24) is 19.8 Å². The number of fused-ring (bicyclic) bond motifs is 2. The first-order chi connectivity index (χ1) is 31.1. The molecule has 2 aliphatic rings. The van der Waals surface area contributed by atoms with E-state index in [9.17, 15) is 14.4 Å². The average molecular weight is 879 g/mol. The van der Waals surface area contributed by atoms with Gasteiger partial charge < -0.3 is 9.47 Å². The number of aryl methyl sites for hydroxylation is 2. The molecule has 0 aliphatic carbocycles. The Hall–Kier alpha value is -7.08. The lowest BCUT2D eigenvalue weighted by Crippen LogP contribution is -2.43. The van der Waals surface area contributed by atoms with Gasteiger partial charge >= 0.3 is 0 Å². The van der Waals surface area contributed by atoms with Crippen LogP contribution in [-0.2, 0) is 13.1 Å². The van der Waals surface area contributed by atoms with Crippen molar-refractivity contribution in [3.8, 4) is 34.8 Å². The lowest BCUT2D eigenvalue weighted by molar-refractivity contribution is 0.0582. The fraction of sp³-hybridized carbons (Fsp3) is 0.296. The number of hydrogen-bond acceptors (Lipinski definition) is 8. The van der Waals surface area contributed by atoms with Crippen molar-refractivity contribution in [2.24, 2.45) is 0 Å². The molecule has 4 amide bonds. The van der Waals surface area contributed by atoms with Crippen molar-refractivity contribution >= 4 is 75.1 Å². The zero-order chi connectivity index (χ0) is 46.4. The second kappa shape index (κ2) is 15.9. The summed E-state index contributed by atoms with van der Waals surface area (Å²) in [4.78, 5) is 71.8. The maximum atomic E-state index is 15.0. The van der Waals surface area contributed by atoms with E-state index in [-0.39, 0.29) is 24.2 Å². The number of amides is 4. The Labute approximate surface area is 379 Å². The van der Waals surface area contributed by atoms with Gasteiger partial charge in [-0.1, -0.05) is 71.6 Å². The van der Waals surface area contributed by atoms with Crippen LogP contribution < -0.4 is 9.47 Å². The first-order valence-electron chi connectivity index (χ1n) is 22.0. The van der Waals surface area contributed by atoms with Gasteiger partial charge in [0.1, 0.15) is 19.6 Å². The van der Waals surface area contributed by atoms with Gasteiger partial charge in [-0.05, 0) is 84.4 Å². The van der Waals surface area contributed by atoms with E-state index in [0.29, 0.717) is 99.3 Å². The molecule has 2 aromatic heterocycles. The normalized spacial score (nSPS) is 13.8. The summed E-state index contributed by atoms with van der Waals surface area (Å²) in [5.74, 6) is 9.34. The summed E-state index contributed by atoms with van der Waals surface area (Å²) in [6.07, 6.45) is 3.08. The quantitative estimate of drug-likeness (QED) is 0.0462. The van der Waals surface area contributed by atoms with Crippen LogP contribution in [0.5, 0.6) is 11.5 Å². The highest BCUT2D eigenvalue weighted by molar-refractivity contribution is 6.90. The third-order valence-electron chi connectivity index (χ3n) is 13.9. The van der Waals surface area contributed by atoms with Crippen LogP contribution in [0.25, 0.3) is 43.4 Å². The molecule has 65 heavy (non-hydrogen) atoms. The molecule has 0 spiro atoms. The highest BCUT2D eigenvalue weighted by atomic mass is 28.3. The van der Waals surface area contributed by atoms with Crippen molar-refractivity contribution in [2.75, 3.05) is 14.2 Å². The molecule has 2 aliphatic heterocycles. The van der Waals surface area contributed by atoms with E-state index < -0.39 is 31.7 Å². The molecule has 0 bridgehead atoms. The summed E-state index contributed by atoms with van der Waals surface area (Å²) in [7, 11) is 0.809. The van der Waals surface area contributed by atoms with Gasteiger partial charge in [0.15, 0.2) is 0 Å². The van der Waals surface area contributed by atoms with Gasteiger partial charge in [-0.2, -0.15) is 0 Å². The van der Waals surface area contributed by atoms with Crippen LogP contribution in [-0.4, -0.2) is 65.7 Å². The zero-order valence-corrected chi connectivity index (χ0v) is 39.7. The van der Waals surface area contributed by atoms with Gasteiger partial charge in [0.05, 0.1) is 60.6 Å². The first-order valence-corrected chi connectivity index (χ1v) is 24.3. The molecule has 0 N–H and O–H groups in total. The summed E-state index contributed by atoms with van der Waals surface area (Å²) in [5, 5.41) is 3.24. The van der Waals surface area contributed by atoms with Crippen molar-refractivity contribution in [2.45, 2.75) is 92.0 Å². The lowest BCUT2D eigenvalue weighted by atomic mass is 9.83. The van der Waals surface area contributed by atoms with Crippen molar-refractivity contribution < 1.29 is 28.7 Å². The third-order valence-corrected chi connectivity index (χ3v) is 20.2. The zero-order valence-electron chi connectivity index (χ0n) is 38.7. The summed E-state index contributed by atoms with van der Waals surface area (Å²) < 4.78 is 11.1. The predicted molar refractivity (Wildman–Crippen MR) is 258 cm³/mol. The summed E-state index contributed by atoms with van der Waals surface area (Å²) in [6, 6.07) is 14.8. The van der Waals surface area contributed by atoms with E-state index in [1.165, 1.54) is 16.0 Å². The number of pyridine rings is 2. The Kier molecular flexibility index (Phi) is 10.5. The third kappa shape index (κ3) is 6.39. The molecule has 0 fully saturated rings. The van der Waals surface area contributed by atoms with Gasteiger partial charge in [-0.25, -0.2) is 0 Å². The van der Waals surface area contributed by atoms with Crippen LogP contribution in [0.15, 0.2) is 60.9 Å². The topological polar surface area (TPSA) is 119 Å². The minimum atomic E-state index is -2.36. The van der Waals surface area contributed by atoms with Crippen molar-refractivity contribution in [3.05, 3.63) is 117 Å². The largest absolute Gasteiger partial charge is 0.497 e. The number of imide groups is 2. The summed E-state index contributed by atoms with van der Waals surface area (Å²) in [6.45, 7) is 19.1. The number of methoxy groups -OCH3 is 2. The maximum Gasteiger partial charge on any atom is 0.263 e. The predicted octanol–water partition coefficient (Wildman–Crippen LogP) is 10.7. The summed E-state index contributed by atoms with van der Waals surface area (Å²) in [5.41, 5.74) is 11.4. The Morgan fingerprint density at radius 3 is 1.55 bits per heavy atom. The van der Waals surface area contributed by atoms with Gasteiger partial charge in [-0.3, -0.25) is 38.9 Å². The maximum absolute atomic E-state index is 15.0. The number of rotatable bonds is 9. The van der Waals surface area contributed by atoms with Crippen LogP contribution in [0.2, 0.25) is 16.6 Å². The molecular weight excluding hydrogens is 829 g/mol. The molecule has 0 unspecified atom stereocenters. The van der Waals surface area contributed by atoms with E-state index >= 15 is 4.79 Å². The minimum Gasteiger partial charge on any atom is -0.497 e. The number of carbonyl (C=O) groups is 4. The Morgan fingerprint density at radius 1 is 0.585 bits per heavy atom. The van der Waals surface area contributed by atoms with Crippen LogP contribution in [0.1, 0.15) is 123 Å². The number of benzene rings is 5. The van der Waals surface area contributed by atoms with Crippen LogP contribution in [0.3, 0.4) is 0 Å². The van der Waals surface area contributed by atoms with E-state index in [0.717, 1.165) is 16.7 Å². The average Bonchev–Trinajstić information content (AvgIpc) is 3.28. The van der Waals surface area contributed by atoms with E-state index in [1.54, 1.807) is 33.4 Å². The second-order valence-corrected chi connectivity index (χ2v) is 23.8. The Bertz CT molecular complexity index is 3360. The van der Waals surface area contributed by atoms with E-state index in [1.807, 2.05) is 56.3 Å². The molecule has 0 saturated heterocycles. The molecule has 0 saturated carbocycles. The highest BCUT2D eigenvalue weighted by Gasteiger charge is 2.43. The molecule has 7 aromatic rings. The molecule has 5 aromatic carbocycles. The Balaban J connectivity index is 1.37. The second-order valence-electron chi connectivity index (χ2n) is 18.3. The van der Waals surface area contributed by atoms with E-state index in [2.05, 4.69) is 64.8 Å². The van der Waals surface area contributed by atoms with Gasteiger partial charge in [0, 0.05) is 61.4 Å². The molecule has 326 valence electrons. The molecule has 0 radical (unpaired) electrons. The minimum absolute atomic E-state index is 0.0146. The number of aromatic nitrogens is 2. The van der Waals surface area contributed by atoms with Gasteiger partial charge in [0.2, 0.25) is 0 Å². The number of carbonyl (C=O) groups excluding carboxylic acids is 4. The van der Waals surface area contributed by atoms with E-state index in [4.69, 9.17) is 19.4 Å². The van der Waals surface area contributed by atoms with Crippen LogP contribution in [0, 0.1) is 37.2 Å². The molecule has 10 nitrogen and oxygen atoms in total. The van der Waals surface area contributed by atoms with Crippen molar-refractivity contribution in [3.63, 3.8) is 0 Å². The fourth-order valence-electron chi connectivity index (χ4n) is 10.7. The summed E-state index contributed by atoms with van der Waals surface area (Å²) >= 11 is 0. The standard InChI is InChI=1S/C54H50N4O6Si/c1-12-13-33-22-38-45-40(53(61)57(51(38)59)26-35-16-17-37(63-10)21-32(35)9)24-56-50-44-34(18-19-65(28(2)3,29(4)5)30(6)7)23-39-46-41(25-55-49(48(44)46)43(33)47(45)50)54(62)58(52(39)60)27-36-15-14-31(8)20-42(36)64-11/h14-17,20-25,28-30H,26-27H2,1-11H3. The monoisotopic (exact) mass is 878 g/mol. The number of ether oxygens (including phenoxy) is 2. The van der Waals surface area contributed by atoms with Crippen LogP contribution >= 0.6 is 0 Å². The lowest BCUT2D eigenvalue weighted by Gasteiger charge is -2.38. The smallest absolute Gasteiger partial charge is 0.263 e. The molecular formula is C54H50N4O6Si. The molecule has 4 heterocycles. The first kappa shape index (κ1) is 43.2. The Morgan fingerprint density at radius 2 is 1.08 bits per heavy atom. The SMILES string of the molecule is CC#Cc1cc2c3c(cnc4c5c(C#C[Si](C(C)C)(C(C)C)C(C)C)cc6c7c(cnc(c1c34)c75)C(=O)N(Cc1ccc(C)cc1OC)C6=O)C(=O)N(Cc1ccc(OC)cc1C)C2=O.